The Labute approximate surface area is 264 Å². The molecule has 0 saturated heterocycles. The summed E-state index contributed by atoms with van der Waals surface area (Å²) < 4.78 is 10.8. The summed E-state index contributed by atoms with van der Waals surface area (Å²) in [7, 11) is 3.35. The molecule has 4 aliphatic rings. The summed E-state index contributed by atoms with van der Waals surface area (Å²) in [6.45, 7) is 12.0. The maximum Gasteiger partial charge on any atom is 0.164 e. The normalized spacial score (nSPS) is 36.9. The van der Waals surface area contributed by atoms with Crippen molar-refractivity contribution in [2.75, 3.05) is 14.2 Å². The Kier molecular flexibility index (Phi) is 7.74. The molecule has 4 nitrogen and oxygen atoms in total. The number of carbonyl (C=O) groups excluding carboxylic acids is 2. The van der Waals surface area contributed by atoms with Crippen molar-refractivity contribution in [2.24, 2.45) is 45.3 Å². The lowest BCUT2D eigenvalue weighted by atomic mass is 9.35. The van der Waals surface area contributed by atoms with Crippen LogP contribution < -0.4 is 9.47 Å². The zero-order valence-corrected chi connectivity index (χ0v) is 27.7. The summed E-state index contributed by atoms with van der Waals surface area (Å²) >= 11 is 0. The van der Waals surface area contributed by atoms with E-state index in [-0.39, 0.29) is 27.9 Å². The Morgan fingerprint density at radius 1 is 0.795 bits per heavy atom. The number of hydrogen-bond donors (Lipinski definition) is 0. The molecule has 0 bridgehead atoms. The first-order chi connectivity index (χ1) is 20.9. The van der Waals surface area contributed by atoms with E-state index in [9.17, 15) is 9.59 Å². The van der Waals surface area contributed by atoms with Gasteiger partial charge in [0.05, 0.1) is 14.2 Å². The van der Waals surface area contributed by atoms with E-state index in [1.54, 1.807) is 14.2 Å². The number of ketones is 2. The van der Waals surface area contributed by atoms with E-state index >= 15 is 0 Å². The predicted molar refractivity (Wildman–Crippen MR) is 177 cm³/mol. The predicted octanol–water partition coefficient (Wildman–Crippen LogP) is 9.23. The van der Waals surface area contributed by atoms with Crippen molar-refractivity contribution in [1.29, 1.82) is 0 Å². The quantitative estimate of drug-likeness (QED) is 0.313. The standard InChI is InChI=1S/C40H50O4/c1-37(2)34-19-21-40(5)35(38(34,3)25-28(36(37)42)22-27-11-9-13-30(24-27)44-7)17-15-32-31(18-20-39(32,40)4)33(41)16-14-26-10-8-12-29(23-26)43-6/h8-14,16,22-24,31-32,34-35H,15,17-21,25H2,1-7H3/b16-14+,28-22-/t31-,32+,34-,35+,38-,39+,40+/m0/s1. The molecule has 234 valence electrons. The molecule has 6 rings (SSSR count). The molecule has 4 aliphatic carbocycles. The molecular formula is C40H50O4. The highest BCUT2D eigenvalue weighted by Gasteiger charge is 2.69. The molecule has 0 N–H and O–H groups in total. The van der Waals surface area contributed by atoms with Crippen LogP contribution in [0.1, 0.15) is 90.7 Å². The molecule has 0 spiro atoms. The van der Waals surface area contributed by atoms with Crippen LogP contribution in [0.5, 0.6) is 11.5 Å². The molecule has 0 aliphatic heterocycles. The van der Waals surface area contributed by atoms with Gasteiger partial charge in [-0.15, -0.1) is 0 Å². The number of methoxy groups -OCH3 is 2. The molecule has 0 aromatic heterocycles. The van der Waals surface area contributed by atoms with Crippen molar-refractivity contribution >= 4 is 23.7 Å². The summed E-state index contributed by atoms with van der Waals surface area (Å²) in [5.41, 5.74) is 2.83. The molecule has 7 atom stereocenters. The summed E-state index contributed by atoms with van der Waals surface area (Å²) in [5, 5.41) is 0. The van der Waals surface area contributed by atoms with Gasteiger partial charge in [0.25, 0.3) is 0 Å². The van der Waals surface area contributed by atoms with Crippen molar-refractivity contribution in [2.45, 2.75) is 79.6 Å². The number of carbonyl (C=O) groups is 2. The molecule has 0 unspecified atom stereocenters. The van der Waals surface area contributed by atoms with E-state index in [0.717, 1.165) is 73.1 Å². The number of Topliss-reactive ketones (excluding diaryl/α,β-unsaturated/α-hetero) is 1. The highest BCUT2D eigenvalue weighted by molar-refractivity contribution is 6.04. The average Bonchev–Trinajstić information content (AvgIpc) is 3.37. The highest BCUT2D eigenvalue weighted by atomic mass is 16.5. The zero-order valence-electron chi connectivity index (χ0n) is 27.7. The molecule has 44 heavy (non-hydrogen) atoms. The second kappa shape index (κ2) is 11.0. The van der Waals surface area contributed by atoms with Gasteiger partial charge in [-0.2, -0.15) is 0 Å². The summed E-state index contributed by atoms with van der Waals surface area (Å²) in [4.78, 5) is 27.8. The van der Waals surface area contributed by atoms with Crippen LogP contribution in [0.2, 0.25) is 0 Å². The molecule has 4 heteroatoms. The topological polar surface area (TPSA) is 52.6 Å². The average molecular weight is 595 g/mol. The van der Waals surface area contributed by atoms with Crippen molar-refractivity contribution < 1.29 is 19.1 Å². The lowest BCUT2D eigenvalue weighted by Gasteiger charge is -2.69. The van der Waals surface area contributed by atoms with Crippen molar-refractivity contribution in [3.8, 4) is 11.5 Å². The Hall–Kier alpha value is -3.14. The number of allylic oxidation sites excluding steroid dienone is 2. The first-order valence-corrected chi connectivity index (χ1v) is 16.6. The van der Waals surface area contributed by atoms with E-state index in [0.29, 0.717) is 23.5 Å². The summed E-state index contributed by atoms with van der Waals surface area (Å²) in [6, 6.07) is 15.9. The second-order valence-corrected chi connectivity index (χ2v) is 15.5. The van der Waals surface area contributed by atoms with E-state index in [1.165, 1.54) is 0 Å². The van der Waals surface area contributed by atoms with Gasteiger partial charge in [0.2, 0.25) is 0 Å². The van der Waals surface area contributed by atoms with Crippen LogP contribution in [0.25, 0.3) is 12.2 Å². The maximum absolute atomic E-state index is 14.1. The van der Waals surface area contributed by atoms with Gasteiger partial charge >= 0.3 is 0 Å². The fraction of sp³-hybridized carbons (Fsp3) is 0.550. The minimum Gasteiger partial charge on any atom is -0.497 e. The lowest BCUT2D eigenvalue weighted by molar-refractivity contribution is -0.196. The van der Waals surface area contributed by atoms with E-state index in [2.05, 4.69) is 46.8 Å². The first kappa shape index (κ1) is 30.9. The zero-order chi connectivity index (χ0) is 31.5. The second-order valence-electron chi connectivity index (χ2n) is 15.5. The third-order valence-electron chi connectivity index (χ3n) is 13.3. The van der Waals surface area contributed by atoms with Crippen LogP contribution in [-0.2, 0) is 9.59 Å². The fourth-order valence-corrected chi connectivity index (χ4v) is 11.0. The van der Waals surface area contributed by atoms with Crippen LogP contribution in [0.3, 0.4) is 0 Å². The Morgan fingerprint density at radius 3 is 2.11 bits per heavy atom. The minimum absolute atomic E-state index is 0.0253. The SMILES string of the molecule is COc1cccc(/C=C2/C[C@]3(C)[C@H]4CC[C@@H]5[C@@H](C(=O)/C=C/c6cccc(OC)c6)CC[C@@]5(C)[C@]4(C)CC[C@H]3C(C)(C)C2=O)c1. The van der Waals surface area contributed by atoms with Crippen LogP contribution >= 0.6 is 0 Å². The van der Waals surface area contributed by atoms with E-state index in [4.69, 9.17) is 9.47 Å². The van der Waals surface area contributed by atoms with Gasteiger partial charge in [-0.3, -0.25) is 9.59 Å². The number of fused-ring (bicyclic) bond motifs is 5. The van der Waals surface area contributed by atoms with Crippen LogP contribution in [0, 0.1) is 45.3 Å². The molecule has 0 heterocycles. The molecule has 4 saturated carbocycles. The Morgan fingerprint density at radius 2 is 1.43 bits per heavy atom. The smallest absolute Gasteiger partial charge is 0.164 e. The van der Waals surface area contributed by atoms with Crippen molar-refractivity contribution in [3.63, 3.8) is 0 Å². The van der Waals surface area contributed by atoms with Crippen LogP contribution in [0.15, 0.2) is 60.2 Å². The van der Waals surface area contributed by atoms with Crippen molar-refractivity contribution in [3.05, 3.63) is 71.3 Å². The van der Waals surface area contributed by atoms with Gasteiger partial charge in [0, 0.05) is 11.3 Å². The first-order valence-electron chi connectivity index (χ1n) is 16.6. The largest absolute Gasteiger partial charge is 0.497 e. The Balaban J connectivity index is 1.29. The molecule has 4 fully saturated rings. The monoisotopic (exact) mass is 594 g/mol. The van der Waals surface area contributed by atoms with Gasteiger partial charge in [-0.1, -0.05) is 65.0 Å². The van der Waals surface area contributed by atoms with Gasteiger partial charge in [-0.05, 0) is 132 Å². The Bertz CT molecular complexity index is 1510. The van der Waals surface area contributed by atoms with Gasteiger partial charge < -0.3 is 9.47 Å². The van der Waals surface area contributed by atoms with Crippen molar-refractivity contribution in [1.82, 2.24) is 0 Å². The molecule has 0 radical (unpaired) electrons. The third kappa shape index (κ3) is 4.70. The molecule has 0 amide bonds. The van der Waals surface area contributed by atoms with Crippen LogP contribution in [-0.4, -0.2) is 25.8 Å². The number of hydrogen-bond acceptors (Lipinski definition) is 4. The van der Waals surface area contributed by atoms with Crippen LogP contribution in [0.4, 0.5) is 0 Å². The number of rotatable bonds is 6. The molecule has 2 aromatic rings. The molecular weight excluding hydrogens is 544 g/mol. The number of ether oxygens (including phenoxy) is 2. The minimum atomic E-state index is -0.407. The summed E-state index contributed by atoms with van der Waals surface area (Å²) in [5.74, 6) is 3.54. The fourth-order valence-electron chi connectivity index (χ4n) is 11.0. The van der Waals surface area contributed by atoms with Gasteiger partial charge in [0.1, 0.15) is 11.5 Å². The highest BCUT2D eigenvalue weighted by Crippen LogP contribution is 2.75. The van der Waals surface area contributed by atoms with Gasteiger partial charge in [0.15, 0.2) is 11.6 Å². The molecule has 2 aromatic carbocycles. The van der Waals surface area contributed by atoms with E-state index < -0.39 is 5.41 Å². The number of benzene rings is 2. The van der Waals surface area contributed by atoms with Gasteiger partial charge in [-0.25, -0.2) is 0 Å². The van der Waals surface area contributed by atoms with E-state index in [1.807, 2.05) is 54.6 Å². The lowest BCUT2D eigenvalue weighted by Crippen LogP contribution is -2.63. The maximum atomic E-state index is 14.1. The summed E-state index contributed by atoms with van der Waals surface area (Å²) in [6.07, 6.45) is 13.2. The third-order valence-corrected chi connectivity index (χ3v) is 13.3.